The second-order valence-corrected chi connectivity index (χ2v) is 7.70. The molecule has 0 unspecified atom stereocenters. The molecule has 0 bridgehead atoms. The molecule has 2 heterocycles. The van der Waals surface area contributed by atoms with Gasteiger partial charge in [-0.2, -0.15) is 0 Å². The number of amides is 2. The van der Waals surface area contributed by atoms with Crippen molar-refractivity contribution in [3.8, 4) is 5.75 Å². The first kappa shape index (κ1) is 19.7. The van der Waals surface area contributed by atoms with Crippen LogP contribution in [0.5, 0.6) is 5.75 Å². The SMILES string of the molecule is Cc1cc(CN2C[C@H](c3ccccc3)NC2=O)ccc1OCCN1CCOCC1. The maximum Gasteiger partial charge on any atom is 0.318 e. The number of rotatable bonds is 7. The van der Waals surface area contributed by atoms with Crippen LogP contribution in [0.1, 0.15) is 22.7 Å². The number of urea groups is 1. The summed E-state index contributed by atoms with van der Waals surface area (Å²) in [6.45, 7) is 8.50. The Morgan fingerprint density at radius 1 is 1.14 bits per heavy atom. The smallest absolute Gasteiger partial charge is 0.318 e. The molecular weight excluding hydrogens is 366 g/mol. The molecular formula is C23H29N3O3. The van der Waals surface area contributed by atoms with E-state index >= 15 is 0 Å². The Morgan fingerprint density at radius 3 is 2.69 bits per heavy atom. The number of benzene rings is 2. The van der Waals surface area contributed by atoms with E-state index in [2.05, 4.69) is 41.4 Å². The van der Waals surface area contributed by atoms with Gasteiger partial charge in [0.2, 0.25) is 0 Å². The number of carbonyl (C=O) groups is 1. The molecule has 29 heavy (non-hydrogen) atoms. The van der Waals surface area contributed by atoms with Crippen molar-refractivity contribution in [3.63, 3.8) is 0 Å². The number of hydrogen-bond donors (Lipinski definition) is 1. The molecule has 2 aliphatic heterocycles. The van der Waals surface area contributed by atoms with E-state index < -0.39 is 0 Å². The molecule has 1 N–H and O–H groups in total. The molecule has 6 heteroatoms. The van der Waals surface area contributed by atoms with Gasteiger partial charge in [0.15, 0.2) is 0 Å². The number of nitrogens with zero attached hydrogens (tertiary/aromatic N) is 2. The molecule has 1 atom stereocenters. The minimum absolute atomic E-state index is 0.0117. The molecule has 0 radical (unpaired) electrons. The van der Waals surface area contributed by atoms with Crippen molar-refractivity contribution in [1.82, 2.24) is 15.1 Å². The molecule has 154 valence electrons. The highest BCUT2D eigenvalue weighted by atomic mass is 16.5. The second-order valence-electron chi connectivity index (χ2n) is 7.70. The van der Waals surface area contributed by atoms with Crippen molar-refractivity contribution in [2.45, 2.75) is 19.5 Å². The Kier molecular flexibility index (Phi) is 6.32. The van der Waals surface area contributed by atoms with Gasteiger partial charge < -0.3 is 19.7 Å². The van der Waals surface area contributed by atoms with Gasteiger partial charge in [-0.15, -0.1) is 0 Å². The molecule has 2 aromatic rings. The Labute approximate surface area is 172 Å². The predicted molar refractivity (Wildman–Crippen MR) is 112 cm³/mol. The first-order valence-corrected chi connectivity index (χ1v) is 10.3. The number of hydrogen-bond acceptors (Lipinski definition) is 4. The molecule has 0 saturated carbocycles. The van der Waals surface area contributed by atoms with Gasteiger partial charge in [0, 0.05) is 32.7 Å². The molecule has 2 saturated heterocycles. The molecule has 2 fully saturated rings. The fraction of sp³-hybridized carbons (Fsp3) is 0.435. The van der Waals surface area contributed by atoms with Gasteiger partial charge in [0.05, 0.1) is 19.3 Å². The molecule has 2 aliphatic rings. The molecule has 0 aromatic heterocycles. The Hall–Kier alpha value is -2.57. The molecule has 0 spiro atoms. The van der Waals surface area contributed by atoms with Crippen molar-refractivity contribution in [2.24, 2.45) is 0 Å². The van der Waals surface area contributed by atoms with Crippen molar-refractivity contribution in [1.29, 1.82) is 0 Å². The van der Waals surface area contributed by atoms with Crippen LogP contribution in [0.4, 0.5) is 4.79 Å². The van der Waals surface area contributed by atoms with Gasteiger partial charge in [-0.1, -0.05) is 42.5 Å². The number of morpholine rings is 1. The summed E-state index contributed by atoms with van der Waals surface area (Å²) in [6.07, 6.45) is 0. The summed E-state index contributed by atoms with van der Waals surface area (Å²) in [4.78, 5) is 16.6. The van der Waals surface area contributed by atoms with Crippen LogP contribution in [0.3, 0.4) is 0 Å². The van der Waals surface area contributed by atoms with Crippen LogP contribution in [-0.4, -0.2) is 61.8 Å². The van der Waals surface area contributed by atoms with Gasteiger partial charge in [-0.25, -0.2) is 4.79 Å². The topological polar surface area (TPSA) is 54.0 Å². The zero-order valence-electron chi connectivity index (χ0n) is 17.0. The third-order valence-electron chi connectivity index (χ3n) is 5.57. The normalized spacial score (nSPS) is 20.0. The average molecular weight is 396 g/mol. The second kappa shape index (κ2) is 9.29. The summed E-state index contributed by atoms with van der Waals surface area (Å²) >= 11 is 0. The van der Waals surface area contributed by atoms with Crippen LogP contribution in [0.25, 0.3) is 0 Å². The van der Waals surface area contributed by atoms with Crippen LogP contribution < -0.4 is 10.1 Å². The van der Waals surface area contributed by atoms with Crippen molar-refractivity contribution < 1.29 is 14.3 Å². The van der Waals surface area contributed by atoms with E-state index in [1.807, 2.05) is 29.2 Å². The van der Waals surface area contributed by atoms with E-state index in [1.165, 1.54) is 0 Å². The number of nitrogens with one attached hydrogen (secondary N) is 1. The van der Waals surface area contributed by atoms with Gasteiger partial charge in [0.1, 0.15) is 12.4 Å². The summed E-state index contributed by atoms with van der Waals surface area (Å²) in [5, 5.41) is 3.07. The summed E-state index contributed by atoms with van der Waals surface area (Å²) in [5.41, 5.74) is 3.36. The minimum Gasteiger partial charge on any atom is -0.492 e. The van der Waals surface area contributed by atoms with Gasteiger partial charge in [0.25, 0.3) is 0 Å². The van der Waals surface area contributed by atoms with E-state index in [0.717, 1.165) is 55.3 Å². The van der Waals surface area contributed by atoms with E-state index in [0.29, 0.717) is 19.7 Å². The minimum atomic E-state index is -0.0117. The van der Waals surface area contributed by atoms with E-state index in [1.54, 1.807) is 0 Å². The highest BCUT2D eigenvalue weighted by Gasteiger charge is 2.29. The maximum atomic E-state index is 12.4. The highest BCUT2D eigenvalue weighted by molar-refractivity contribution is 5.77. The summed E-state index contributed by atoms with van der Waals surface area (Å²) < 4.78 is 11.4. The van der Waals surface area contributed by atoms with Crippen molar-refractivity contribution in [3.05, 3.63) is 65.2 Å². The standard InChI is InChI=1S/C23H29N3O3/c1-18-15-19(7-8-22(18)29-14-11-25-9-12-28-13-10-25)16-26-17-21(24-23(26)27)20-5-3-2-4-6-20/h2-8,15,21H,9-14,16-17H2,1H3,(H,24,27)/t21-/m1/s1. The lowest BCUT2D eigenvalue weighted by Gasteiger charge is -2.26. The van der Waals surface area contributed by atoms with E-state index in [4.69, 9.17) is 9.47 Å². The van der Waals surface area contributed by atoms with Gasteiger partial charge >= 0.3 is 6.03 Å². The third-order valence-corrected chi connectivity index (χ3v) is 5.57. The summed E-state index contributed by atoms with van der Waals surface area (Å²) in [7, 11) is 0. The van der Waals surface area contributed by atoms with Crippen LogP contribution in [-0.2, 0) is 11.3 Å². The maximum absolute atomic E-state index is 12.4. The van der Waals surface area contributed by atoms with Crippen LogP contribution in [0.15, 0.2) is 48.5 Å². The first-order valence-electron chi connectivity index (χ1n) is 10.3. The Bertz CT molecular complexity index is 821. The zero-order valence-corrected chi connectivity index (χ0v) is 17.0. The number of carbonyl (C=O) groups excluding carboxylic acids is 1. The van der Waals surface area contributed by atoms with Gasteiger partial charge in [-0.05, 0) is 29.7 Å². The summed E-state index contributed by atoms with van der Waals surface area (Å²) in [6, 6.07) is 16.3. The molecule has 2 aromatic carbocycles. The zero-order chi connectivity index (χ0) is 20.1. The number of ether oxygens (including phenoxy) is 2. The lowest BCUT2D eigenvalue weighted by atomic mass is 10.1. The molecule has 4 rings (SSSR count). The largest absolute Gasteiger partial charge is 0.492 e. The predicted octanol–water partition coefficient (Wildman–Crippen LogP) is 2.97. The lowest BCUT2D eigenvalue weighted by molar-refractivity contribution is 0.0322. The third kappa shape index (κ3) is 5.08. The monoisotopic (exact) mass is 395 g/mol. The molecule has 2 amide bonds. The van der Waals surface area contributed by atoms with Crippen LogP contribution in [0.2, 0.25) is 0 Å². The molecule has 6 nitrogen and oxygen atoms in total. The van der Waals surface area contributed by atoms with Crippen molar-refractivity contribution in [2.75, 3.05) is 46.0 Å². The average Bonchev–Trinajstić information content (AvgIpc) is 3.11. The fourth-order valence-corrected chi connectivity index (χ4v) is 3.90. The van der Waals surface area contributed by atoms with Gasteiger partial charge in [-0.3, -0.25) is 4.90 Å². The Morgan fingerprint density at radius 2 is 1.93 bits per heavy atom. The summed E-state index contributed by atoms with van der Waals surface area (Å²) in [5.74, 6) is 0.912. The van der Waals surface area contributed by atoms with E-state index in [-0.39, 0.29) is 12.1 Å². The van der Waals surface area contributed by atoms with Crippen LogP contribution in [0, 0.1) is 6.92 Å². The van der Waals surface area contributed by atoms with E-state index in [9.17, 15) is 4.79 Å². The Balaban J connectivity index is 1.30. The van der Waals surface area contributed by atoms with Crippen LogP contribution >= 0.6 is 0 Å². The molecule has 0 aliphatic carbocycles. The number of aryl methyl sites for hydroxylation is 1. The fourth-order valence-electron chi connectivity index (χ4n) is 3.90. The lowest BCUT2D eigenvalue weighted by Crippen LogP contribution is -2.38. The first-order chi connectivity index (χ1) is 14.2. The quantitative estimate of drug-likeness (QED) is 0.783. The van der Waals surface area contributed by atoms with Crippen molar-refractivity contribution >= 4 is 6.03 Å². The highest BCUT2D eigenvalue weighted by Crippen LogP contribution is 2.24.